The van der Waals surface area contributed by atoms with E-state index in [4.69, 9.17) is 0 Å². The lowest BCUT2D eigenvalue weighted by Crippen LogP contribution is -2.40. The number of piperidine rings is 1. The summed E-state index contributed by atoms with van der Waals surface area (Å²) in [6.45, 7) is 3.24. The first kappa shape index (κ1) is 13.3. The summed E-state index contributed by atoms with van der Waals surface area (Å²) >= 11 is 0. The molecule has 18 heavy (non-hydrogen) atoms. The van der Waals surface area contributed by atoms with E-state index in [2.05, 4.69) is 5.32 Å². The summed E-state index contributed by atoms with van der Waals surface area (Å²) < 4.78 is 0. The molecule has 0 aromatic rings. The highest BCUT2D eigenvalue weighted by molar-refractivity contribution is 5.83. The molecule has 1 atom stereocenters. The Morgan fingerprint density at radius 1 is 1.28 bits per heavy atom. The number of amides is 2. The van der Waals surface area contributed by atoms with Crippen molar-refractivity contribution in [2.75, 3.05) is 33.2 Å². The van der Waals surface area contributed by atoms with Crippen LogP contribution in [0.1, 0.15) is 32.1 Å². The van der Waals surface area contributed by atoms with Gasteiger partial charge in [-0.05, 0) is 25.7 Å². The number of rotatable bonds is 4. The highest BCUT2D eigenvalue weighted by Gasteiger charge is 2.28. The Bertz CT molecular complexity index is 313. The Morgan fingerprint density at radius 3 is 2.61 bits per heavy atom. The zero-order valence-electron chi connectivity index (χ0n) is 11.2. The lowest BCUT2D eigenvalue weighted by atomic mass is 10.1. The van der Waals surface area contributed by atoms with E-state index in [1.807, 2.05) is 11.9 Å². The Hall–Kier alpha value is -1.10. The average Bonchev–Trinajstić information content (AvgIpc) is 2.71. The molecule has 0 aliphatic carbocycles. The third-order valence-electron chi connectivity index (χ3n) is 3.87. The monoisotopic (exact) mass is 253 g/mol. The molecule has 2 aliphatic heterocycles. The van der Waals surface area contributed by atoms with Crippen molar-refractivity contribution in [2.24, 2.45) is 0 Å². The largest absolute Gasteiger partial charge is 0.344 e. The van der Waals surface area contributed by atoms with Crippen LogP contribution in [0, 0.1) is 0 Å². The number of likely N-dealkylation sites (tertiary alicyclic amines) is 2. The topological polar surface area (TPSA) is 52.7 Å². The van der Waals surface area contributed by atoms with E-state index in [9.17, 15) is 9.59 Å². The molecule has 0 aromatic heterocycles. The van der Waals surface area contributed by atoms with E-state index in [0.29, 0.717) is 13.0 Å². The van der Waals surface area contributed by atoms with Gasteiger partial charge in [0.25, 0.3) is 0 Å². The van der Waals surface area contributed by atoms with Crippen LogP contribution in [0.5, 0.6) is 0 Å². The molecule has 0 bridgehead atoms. The molecule has 0 aromatic carbocycles. The predicted molar refractivity (Wildman–Crippen MR) is 69.1 cm³/mol. The molecule has 0 saturated carbocycles. The summed E-state index contributed by atoms with van der Waals surface area (Å²) in [5.41, 5.74) is 0. The minimum Gasteiger partial charge on any atom is -0.344 e. The standard InChI is InChI=1S/C13H23N3O2/c1-15-10-6-11(13(15)18)14-7-5-12(17)16-8-3-2-4-9-16/h11,14H,2-10H2,1H3. The van der Waals surface area contributed by atoms with Crippen LogP contribution in [0.25, 0.3) is 0 Å². The van der Waals surface area contributed by atoms with Crippen molar-refractivity contribution in [3.63, 3.8) is 0 Å². The van der Waals surface area contributed by atoms with Crippen LogP contribution in [0.4, 0.5) is 0 Å². The molecule has 1 unspecified atom stereocenters. The quantitative estimate of drug-likeness (QED) is 0.779. The van der Waals surface area contributed by atoms with Gasteiger partial charge in [-0.15, -0.1) is 0 Å². The third-order valence-corrected chi connectivity index (χ3v) is 3.87. The van der Waals surface area contributed by atoms with Crippen LogP contribution >= 0.6 is 0 Å². The highest BCUT2D eigenvalue weighted by atomic mass is 16.2. The first-order valence-electron chi connectivity index (χ1n) is 6.94. The summed E-state index contributed by atoms with van der Waals surface area (Å²) in [7, 11) is 1.82. The number of hydrogen-bond acceptors (Lipinski definition) is 3. The van der Waals surface area contributed by atoms with Gasteiger partial charge < -0.3 is 15.1 Å². The van der Waals surface area contributed by atoms with Crippen molar-refractivity contribution < 1.29 is 9.59 Å². The zero-order chi connectivity index (χ0) is 13.0. The molecule has 2 saturated heterocycles. The van der Waals surface area contributed by atoms with Crippen LogP contribution in [0.15, 0.2) is 0 Å². The molecule has 2 rings (SSSR count). The molecular formula is C13H23N3O2. The number of carbonyl (C=O) groups is 2. The minimum absolute atomic E-state index is 0.0795. The lowest BCUT2D eigenvalue weighted by Gasteiger charge is -2.26. The van der Waals surface area contributed by atoms with Crippen LogP contribution in [-0.4, -0.2) is 60.9 Å². The van der Waals surface area contributed by atoms with Gasteiger partial charge in [-0.2, -0.15) is 0 Å². The van der Waals surface area contributed by atoms with Crippen LogP contribution in [-0.2, 0) is 9.59 Å². The van der Waals surface area contributed by atoms with Gasteiger partial charge in [0.1, 0.15) is 0 Å². The van der Waals surface area contributed by atoms with E-state index in [1.54, 1.807) is 4.90 Å². The van der Waals surface area contributed by atoms with Crippen molar-refractivity contribution in [3.05, 3.63) is 0 Å². The van der Waals surface area contributed by atoms with Gasteiger partial charge in [-0.1, -0.05) is 0 Å². The summed E-state index contributed by atoms with van der Waals surface area (Å²) in [5.74, 6) is 0.376. The molecule has 1 N–H and O–H groups in total. The highest BCUT2D eigenvalue weighted by Crippen LogP contribution is 2.11. The molecule has 2 aliphatic rings. The van der Waals surface area contributed by atoms with Gasteiger partial charge in [0.2, 0.25) is 11.8 Å². The van der Waals surface area contributed by atoms with Crippen molar-refractivity contribution in [1.29, 1.82) is 0 Å². The number of nitrogens with zero attached hydrogens (tertiary/aromatic N) is 2. The summed E-state index contributed by atoms with van der Waals surface area (Å²) in [6.07, 6.45) is 4.86. The average molecular weight is 253 g/mol. The molecule has 0 spiro atoms. The van der Waals surface area contributed by atoms with E-state index < -0.39 is 0 Å². The first-order valence-corrected chi connectivity index (χ1v) is 6.94. The number of likely N-dealkylation sites (N-methyl/N-ethyl adjacent to an activating group) is 1. The Morgan fingerprint density at radius 2 is 2.00 bits per heavy atom. The molecule has 102 valence electrons. The predicted octanol–water partition coefficient (Wildman–Crippen LogP) is 0.209. The van der Waals surface area contributed by atoms with Crippen LogP contribution in [0.3, 0.4) is 0 Å². The summed E-state index contributed by atoms with van der Waals surface area (Å²) in [4.78, 5) is 27.3. The fraction of sp³-hybridized carbons (Fsp3) is 0.846. The van der Waals surface area contributed by atoms with E-state index in [0.717, 1.165) is 38.9 Å². The van der Waals surface area contributed by atoms with Gasteiger partial charge >= 0.3 is 0 Å². The second-order valence-corrected chi connectivity index (χ2v) is 5.25. The SMILES string of the molecule is CN1CCC(NCCC(=O)N2CCCCC2)C1=O. The van der Waals surface area contributed by atoms with Crippen molar-refractivity contribution in [1.82, 2.24) is 15.1 Å². The number of nitrogens with one attached hydrogen (secondary N) is 1. The first-order chi connectivity index (χ1) is 8.68. The van der Waals surface area contributed by atoms with E-state index >= 15 is 0 Å². The number of carbonyl (C=O) groups excluding carboxylic acids is 2. The maximum atomic E-state index is 11.9. The fourth-order valence-electron chi connectivity index (χ4n) is 2.67. The second kappa shape index (κ2) is 6.18. The second-order valence-electron chi connectivity index (χ2n) is 5.25. The van der Waals surface area contributed by atoms with Gasteiger partial charge in [-0.25, -0.2) is 0 Å². The molecule has 2 fully saturated rings. The van der Waals surface area contributed by atoms with E-state index in [1.165, 1.54) is 6.42 Å². The van der Waals surface area contributed by atoms with Gasteiger partial charge in [-0.3, -0.25) is 9.59 Å². The minimum atomic E-state index is -0.0795. The third kappa shape index (κ3) is 3.22. The Balaban J connectivity index is 1.65. The molecule has 2 heterocycles. The van der Waals surface area contributed by atoms with Crippen molar-refractivity contribution in [3.8, 4) is 0 Å². The summed E-state index contributed by atoms with van der Waals surface area (Å²) in [6, 6.07) is -0.0795. The van der Waals surface area contributed by atoms with Crippen LogP contribution in [0.2, 0.25) is 0 Å². The van der Waals surface area contributed by atoms with Crippen LogP contribution < -0.4 is 5.32 Å². The molecule has 5 heteroatoms. The Kier molecular flexibility index (Phi) is 4.58. The molecule has 5 nitrogen and oxygen atoms in total. The fourth-order valence-corrected chi connectivity index (χ4v) is 2.67. The Labute approximate surface area is 108 Å². The molecule has 2 amide bonds. The van der Waals surface area contributed by atoms with Gasteiger partial charge in [0.15, 0.2) is 0 Å². The maximum Gasteiger partial charge on any atom is 0.239 e. The van der Waals surface area contributed by atoms with Gasteiger partial charge in [0, 0.05) is 39.6 Å². The van der Waals surface area contributed by atoms with Crippen molar-refractivity contribution >= 4 is 11.8 Å². The normalized spacial score (nSPS) is 24.7. The summed E-state index contributed by atoms with van der Waals surface area (Å²) in [5, 5.41) is 3.19. The van der Waals surface area contributed by atoms with Gasteiger partial charge in [0.05, 0.1) is 6.04 Å². The number of hydrogen-bond donors (Lipinski definition) is 1. The van der Waals surface area contributed by atoms with Crippen molar-refractivity contribution in [2.45, 2.75) is 38.1 Å². The molecular weight excluding hydrogens is 230 g/mol. The lowest BCUT2D eigenvalue weighted by molar-refractivity contribution is -0.132. The van der Waals surface area contributed by atoms with E-state index in [-0.39, 0.29) is 17.9 Å². The zero-order valence-corrected chi connectivity index (χ0v) is 11.2. The maximum absolute atomic E-state index is 11.9. The molecule has 0 radical (unpaired) electrons. The smallest absolute Gasteiger partial charge is 0.239 e.